The Balaban J connectivity index is 2.10. The Morgan fingerprint density at radius 3 is 2.79 bits per heavy atom. The van der Waals surface area contributed by atoms with Gasteiger partial charge in [-0.3, -0.25) is 0 Å². The van der Waals surface area contributed by atoms with Crippen molar-refractivity contribution in [3.8, 4) is 0 Å². The highest BCUT2D eigenvalue weighted by Gasteiger charge is 2.14. The van der Waals surface area contributed by atoms with E-state index in [1.54, 1.807) is 19.0 Å². The van der Waals surface area contributed by atoms with E-state index in [1.807, 2.05) is 0 Å². The lowest BCUT2D eigenvalue weighted by Gasteiger charge is -2.21. The number of hydrogen-bond donors (Lipinski definition) is 1. The molecule has 0 aliphatic heterocycles. The first-order chi connectivity index (χ1) is 9.08. The normalized spacial score (nSPS) is 16.7. The van der Waals surface area contributed by atoms with Crippen LogP contribution in [0, 0.1) is 5.82 Å². The molecule has 0 spiro atoms. The van der Waals surface area contributed by atoms with Crippen molar-refractivity contribution in [2.45, 2.75) is 38.6 Å². The second-order valence-corrected chi connectivity index (χ2v) is 5.15. The highest BCUT2D eigenvalue weighted by molar-refractivity contribution is 5.43. The molecule has 0 bridgehead atoms. The monoisotopic (exact) mass is 264 g/mol. The smallest absolute Gasteiger partial charge is 0.225 e. The Labute approximate surface area is 113 Å². The van der Waals surface area contributed by atoms with Gasteiger partial charge in [-0.15, -0.1) is 0 Å². The third-order valence-electron chi connectivity index (χ3n) is 3.38. The summed E-state index contributed by atoms with van der Waals surface area (Å²) < 4.78 is 13.5. The van der Waals surface area contributed by atoms with Gasteiger partial charge < -0.3 is 10.2 Å². The molecule has 0 saturated carbocycles. The van der Waals surface area contributed by atoms with Crippen LogP contribution in [0.2, 0.25) is 0 Å². The molecule has 1 aromatic heterocycles. The molecular weight excluding hydrogens is 243 g/mol. The number of rotatable bonds is 4. The fourth-order valence-electron chi connectivity index (χ4n) is 2.28. The van der Waals surface area contributed by atoms with Crippen LogP contribution in [0.1, 0.15) is 32.6 Å². The SMILES string of the molecule is CC(Nc1ncc(F)c(N(C)C)n1)C1=CCCCC1. The first-order valence-electron chi connectivity index (χ1n) is 6.73. The molecule has 0 saturated heterocycles. The lowest BCUT2D eigenvalue weighted by atomic mass is 9.95. The summed E-state index contributed by atoms with van der Waals surface area (Å²) in [6, 6.07) is 0.195. The number of nitrogens with zero attached hydrogens (tertiary/aromatic N) is 3. The molecule has 0 amide bonds. The second kappa shape index (κ2) is 5.99. The predicted octanol–water partition coefficient (Wildman–Crippen LogP) is 2.98. The molecule has 1 heterocycles. The van der Waals surface area contributed by atoms with E-state index in [4.69, 9.17) is 0 Å². The van der Waals surface area contributed by atoms with Crippen molar-refractivity contribution in [2.24, 2.45) is 0 Å². The average Bonchev–Trinajstić information content (AvgIpc) is 2.41. The van der Waals surface area contributed by atoms with Gasteiger partial charge >= 0.3 is 0 Å². The van der Waals surface area contributed by atoms with Gasteiger partial charge in [-0.05, 0) is 32.6 Å². The zero-order chi connectivity index (χ0) is 13.8. The Morgan fingerprint density at radius 2 is 2.16 bits per heavy atom. The first-order valence-corrected chi connectivity index (χ1v) is 6.73. The molecule has 2 rings (SSSR count). The van der Waals surface area contributed by atoms with Gasteiger partial charge in [0.05, 0.1) is 6.20 Å². The minimum Gasteiger partial charge on any atom is -0.360 e. The van der Waals surface area contributed by atoms with E-state index < -0.39 is 5.82 Å². The van der Waals surface area contributed by atoms with Crippen LogP contribution < -0.4 is 10.2 Å². The molecule has 1 unspecified atom stereocenters. The molecule has 4 nitrogen and oxygen atoms in total. The van der Waals surface area contributed by atoms with E-state index in [-0.39, 0.29) is 6.04 Å². The van der Waals surface area contributed by atoms with Crippen LogP contribution in [-0.4, -0.2) is 30.1 Å². The molecule has 1 atom stereocenters. The fraction of sp³-hybridized carbons (Fsp3) is 0.571. The lowest BCUT2D eigenvalue weighted by Crippen LogP contribution is -2.22. The van der Waals surface area contributed by atoms with Crippen LogP contribution in [0.15, 0.2) is 17.8 Å². The van der Waals surface area contributed by atoms with Crippen molar-refractivity contribution < 1.29 is 4.39 Å². The molecule has 0 fully saturated rings. The highest BCUT2D eigenvalue weighted by atomic mass is 19.1. The number of nitrogens with one attached hydrogen (secondary N) is 1. The van der Waals surface area contributed by atoms with Crippen molar-refractivity contribution >= 4 is 11.8 Å². The third kappa shape index (κ3) is 3.43. The predicted molar refractivity (Wildman–Crippen MR) is 76.0 cm³/mol. The Morgan fingerprint density at radius 1 is 1.37 bits per heavy atom. The Bertz CT molecular complexity index is 471. The fourth-order valence-corrected chi connectivity index (χ4v) is 2.28. The first kappa shape index (κ1) is 13.8. The summed E-state index contributed by atoms with van der Waals surface area (Å²) in [6.07, 6.45) is 8.29. The maximum absolute atomic E-state index is 13.5. The molecule has 1 aliphatic rings. The summed E-state index contributed by atoms with van der Waals surface area (Å²) in [4.78, 5) is 9.86. The van der Waals surface area contributed by atoms with Gasteiger partial charge in [0.25, 0.3) is 0 Å². The molecule has 0 aromatic carbocycles. The third-order valence-corrected chi connectivity index (χ3v) is 3.38. The molecule has 0 radical (unpaired) electrons. The summed E-state index contributed by atoms with van der Waals surface area (Å²) in [5, 5.41) is 3.25. The van der Waals surface area contributed by atoms with Gasteiger partial charge in [0.2, 0.25) is 5.95 Å². The number of allylic oxidation sites excluding steroid dienone is 1. The van der Waals surface area contributed by atoms with E-state index in [0.717, 1.165) is 12.8 Å². The van der Waals surface area contributed by atoms with Gasteiger partial charge in [0, 0.05) is 20.1 Å². The maximum Gasteiger partial charge on any atom is 0.225 e. The summed E-state index contributed by atoms with van der Waals surface area (Å²) in [5.41, 5.74) is 1.39. The number of anilines is 2. The summed E-state index contributed by atoms with van der Waals surface area (Å²) in [5.74, 6) is 0.381. The van der Waals surface area contributed by atoms with Gasteiger partial charge in [-0.2, -0.15) is 4.98 Å². The molecule has 1 aliphatic carbocycles. The quantitative estimate of drug-likeness (QED) is 0.849. The van der Waals surface area contributed by atoms with Crippen LogP contribution in [0.5, 0.6) is 0 Å². The van der Waals surface area contributed by atoms with Crippen LogP contribution in [0.4, 0.5) is 16.2 Å². The topological polar surface area (TPSA) is 41.1 Å². The van der Waals surface area contributed by atoms with Crippen molar-refractivity contribution in [1.82, 2.24) is 9.97 Å². The number of aromatic nitrogens is 2. The Kier molecular flexibility index (Phi) is 4.35. The molecular formula is C14H21FN4. The van der Waals surface area contributed by atoms with E-state index >= 15 is 0 Å². The zero-order valence-electron chi connectivity index (χ0n) is 11.8. The van der Waals surface area contributed by atoms with E-state index in [9.17, 15) is 4.39 Å². The summed E-state index contributed by atoms with van der Waals surface area (Å²) in [7, 11) is 3.53. The Hall–Kier alpha value is -1.65. The van der Waals surface area contributed by atoms with Gasteiger partial charge in [0.1, 0.15) is 0 Å². The number of halogens is 1. The van der Waals surface area contributed by atoms with Gasteiger partial charge in [0.15, 0.2) is 11.6 Å². The second-order valence-electron chi connectivity index (χ2n) is 5.15. The van der Waals surface area contributed by atoms with Crippen LogP contribution in [0.3, 0.4) is 0 Å². The van der Waals surface area contributed by atoms with Gasteiger partial charge in [-0.25, -0.2) is 9.37 Å². The highest BCUT2D eigenvalue weighted by Crippen LogP contribution is 2.22. The van der Waals surface area contributed by atoms with Crippen molar-refractivity contribution in [1.29, 1.82) is 0 Å². The van der Waals surface area contributed by atoms with E-state index in [2.05, 4.69) is 28.3 Å². The molecule has 104 valence electrons. The minimum absolute atomic E-state index is 0.195. The van der Waals surface area contributed by atoms with E-state index in [1.165, 1.54) is 24.6 Å². The summed E-state index contributed by atoms with van der Waals surface area (Å²) >= 11 is 0. The summed E-state index contributed by atoms with van der Waals surface area (Å²) in [6.45, 7) is 2.10. The zero-order valence-corrected chi connectivity index (χ0v) is 11.8. The largest absolute Gasteiger partial charge is 0.360 e. The van der Waals surface area contributed by atoms with Crippen LogP contribution in [-0.2, 0) is 0 Å². The standard InChI is InChI=1S/C14H21FN4/c1-10(11-7-5-4-6-8-11)17-14-16-9-12(15)13(18-14)19(2)3/h7,9-10H,4-6,8H2,1-3H3,(H,16,17,18). The maximum atomic E-state index is 13.5. The van der Waals surface area contributed by atoms with Crippen molar-refractivity contribution in [3.05, 3.63) is 23.7 Å². The van der Waals surface area contributed by atoms with E-state index in [0.29, 0.717) is 11.8 Å². The molecule has 5 heteroatoms. The number of hydrogen-bond acceptors (Lipinski definition) is 4. The van der Waals surface area contributed by atoms with Crippen molar-refractivity contribution in [2.75, 3.05) is 24.3 Å². The van der Waals surface area contributed by atoms with Crippen molar-refractivity contribution in [3.63, 3.8) is 0 Å². The lowest BCUT2D eigenvalue weighted by molar-refractivity contribution is 0.611. The molecule has 1 aromatic rings. The average molecular weight is 264 g/mol. The van der Waals surface area contributed by atoms with Gasteiger partial charge in [-0.1, -0.05) is 11.6 Å². The van der Waals surface area contributed by atoms with Crippen LogP contribution >= 0.6 is 0 Å². The molecule has 1 N–H and O–H groups in total. The minimum atomic E-state index is -0.403. The molecule has 19 heavy (non-hydrogen) atoms. The van der Waals surface area contributed by atoms with Crippen LogP contribution in [0.25, 0.3) is 0 Å².